The molecule has 0 aliphatic rings. The van der Waals surface area contributed by atoms with Gasteiger partial charge in [-0.1, -0.05) is 12.1 Å². The monoisotopic (exact) mass is 217 g/mol. The van der Waals surface area contributed by atoms with E-state index in [-0.39, 0.29) is 0 Å². The van der Waals surface area contributed by atoms with E-state index in [1.807, 2.05) is 25.2 Å². The summed E-state index contributed by atoms with van der Waals surface area (Å²) in [7, 11) is 2.00. The molecule has 1 aromatic heterocycles. The van der Waals surface area contributed by atoms with E-state index >= 15 is 0 Å². The molecule has 0 radical (unpaired) electrons. The highest BCUT2D eigenvalue weighted by Gasteiger charge is 2.08. The summed E-state index contributed by atoms with van der Waals surface area (Å²) in [6, 6.07) is 10.2. The molecule has 1 aromatic carbocycles. The Kier molecular flexibility index (Phi) is 2.84. The van der Waals surface area contributed by atoms with E-state index in [4.69, 9.17) is 5.26 Å². The maximum absolute atomic E-state index is 8.54. The van der Waals surface area contributed by atoms with E-state index < -0.39 is 0 Å². The molecule has 0 saturated heterocycles. The topological polar surface area (TPSA) is 39.9 Å². The summed E-state index contributed by atoms with van der Waals surface area (Å²) in [5, 5.41) is 10.8. The van der Waals surface area contributed by atoms with E-state index in [1.165, 1.54) is 16.9 Å². The lowest BCUT2D eigenvalue weighted by Gasteiger charge is -2.14. The third-order valence-electron chi connectivity index (χ3n) is 2.27. The van der Waals surface area contributed by atoms with E-state index in [9.17, 15) is 0 Å². The third kappa shape index (κ3) is 1.92. The standard InChI is InChI=1S/C11H11N3S/c1-14(8-4-7-12)11-9-5-2-3-6-10(9)13-15-11/h2-3,5-6H,4,8H2,1H3. The predicted octanol–water partition coefficient (Wildman–Crippen LogP) is 2.65. The van der Waals surface area contributed by atoms with Crippen LogP contribution in [0.5, 0.6) is 0 Å². The Bertz CT molecular complexity index is 498. The Balaban J connectivity index is 2.32. The highest BCUT2D eigenvalue weighted by atomic mass is 32.1. The SMILES string of the molecule is CN(CCC#N)c1snc2ccccc12. The van der Waals surface area contributed by atoms with Crippen LogP contribution < -0.4 is 4.90 Å². The zero-order valence-electron chi connectivity index (χ0n) is 8.47. The van der Waals surface area contributed by atoms with Crippen LogP contribution in [0.15, 0.2) is 24.3 Å². The number of aromatic nitrogens is 1. The molecule has 0 N–H and O–H groups in total. The van der Waals surface area contributed by atoms with Gasteiger partial charge in [-0.15, -0.1) is 0 Å². The maximum Gasteiger partial charge on any atom is 0.119 e. The molecule has 15 heavy (non-hydrogen) atoms. The van der Waals surface area contributed by atoms with Crippen molar-refractivity contribution in [3.05, 3.63) is 24.3 Å². The van der Waals surface area contributed by atoms with Crippen LogP contribution in [-0.4, -0.2) is 18.0 Å². The molecular weight excluding hydrogens is 206 g/mol. The fraction of sp³-hybridized carbons (Fsp3) is 0.273. The first-order valence-corrected chi connectivity index (χ1v) is 5.53. The van der Waals surface area contributed by atoms with Crippen LogP contribution in [0.25, 0.3) is 10.9 Å². The van der Waals surface area contributed by atoms with Crippen molar-refractivity contribution in [2.75, 3.05) is 18.5 Å². The second-order valence-electron chi connectivity index (χ2n) is 3.33. The van der Waals surface area contributed by atoms with Crippen LogP contribution in [0.1, 0.15) is 6.42 Å². The second kappa shape index (κ2) is 4.28. The molecule has 2 rings (SSSR count). The van der Waals surface area contributed by atoms with Crippen molar-refractivity contribution in [3.63, 3.8) is 0 Å². The molecule has 0 saturated carbocycles. The molecule has 76 valence electrons. The van der Waals surface area contributed by atoms with Gasteiger partial charge in [0, 0.05) is 19.0 Å². The molecule has 0 aliphatic carbocycles. The number of hydrogen-bond donors (Lipinski definition) is 0. The van der Waals surface area contributed by atoms with Gasteiger partial charge in [-0.3, -0.25) is 0 Å². The Hall–Kier alpha value is -1.60. The van der Waals surface area contributed by atoms with Gasteiger partial charge in [-0.2, -0.15) is 9.64 Å². The lowest BCUT2D eigenvalue weighted by atomic mass is 10.2. The summed E-state index contributed by atoms with van der Waals surface area (Å²) in [5.74, 6) is 0. The fourth-order valence-electron chi connectivity index (χ4n) is 1.47. The molecule has 4 heteroatoms. The number of nitriles is 1. The minimum Gasteiger partial charge on any atom is -0.364 e. The molecule has 0 atom stereocenters. The van der Waals surface area contributed by atoms with Crippen molar-refractivity contribution < 1.29 is 0 Å². The van der Waals surface area contributed by atoms with Crippen molar-refractivity contribution in [1.82, 2.24) is 4.37 Å². The number of hydrogen-bond acceptors (Lipinski definition) is 4. The lowest BCUT2D eigenvalue weighted by Crippen LogP contribution is -2.16. The smallest absolute Gasteiger partial charge is 0.119 e. The van der Waals surface area contributed by atoms with E-state index in [0.717, 1.165) is 17.1 Å². The first-order valence-electron chi connectivity index (χ1n) is 4.75. The fourth-order valence-corrected chi connectivity index (χ4v) is 2.32. The van der Waals surface area contributed by atoms with Gasteiger partial charge in [-0.25, -0.2) is 0 Å². The summed E-state index contributed by atoms with van der Waals surface area (Å²) in [5.41, 5.74) is 1.03. The van der Waals surface area contributed by atoms with Gasteiger partial charge in [0.25, 0.3) is 0 Å². The first-order chi connectivity index (χ1) is 7.33. The summed E-state index contributed by atoms with van der Waals surface area (Å²) in [6.07, 6.45) is 0.544. The van der Waals surface area contributed by atoms with Crippen LogP contribution in [0, 0.1) is 11.3 Å². The van der Waals surface area contributed by atoms with Crippen LogP contribution >= 0.6 is 11.5 Å². The number of fused-ring (bicyclic) bond motifs is 1. The number of anilines is 1. The number of nitrogens with zero attached hydrogens (tertiary/aromatic N) is 3. The van der Waals surface area contributed by atoms with E-state index in [0.29, 0.717) is 6.42 Å². The zero-order chi connectivity index (χ0) is 10.7. The minimum atomic E-state index is 0.544. The molecule has 0 unspecified atom stereocenters. The third-order valence-corrected chi connectivity index (χ3v) is 3.26. The van der Waals surface area contributed by atoms with Crippen LogP contribution in [0.2, 0.25) is 0 Å². The summed E-state index contributed by atoms with van der Waals surface area (Å²) >= 11 is 1.49. The summed E-state index contributed by atoms with van der Waals surface area (Å²) < 4.78 is 4.36. The Morgan fingerprint density at radius 2 is 2.27 bits per heavy atom. The molecule has 0 fully saturated rings. The van der Waals surface area contributed by atoms with Crippen LogP contribution in [-0.2, 0) is 0 Å². The van der Waals surface area contributed by atoms with Gasteiger partial charge in [0.1, 0.15) is 5.00 Å². The molecule has 0 amide bonds. The lowest BCUT2D eigenvalue weighted by molar-refractivity contribution is 0.918. The average Bonchev–Trinajstić information content (AvgIpc) is 2.69. The van der Waals surface area contributed by atoms with Crippen molar-refractivity contribution in [2.24, 2.45) is 0 Å². The second-order valence-corrected chi connectivity index (χ2v) is 4.09. The largest absolute Gasteiger partial charge is 0.364 e. The average molecular weight is 217 g/mol. The Morgan fingerprint density at radius 3 is 3.07 bits per heavy atom. The Morgan fingerprint density at radius 1 is 1.47 bits per heavy atom. The predicted molar refractivity (Wildman–Crippen MR) is 63.1 cm³/mol. The highest BCUT2D eigenvalue weighted by molar-refractivity contribution is 7.11. The van der Waals surface area contributed by atoms with Crippen LogP contribution in [0.3, 0.4) is 0 Å². The summed E-state index contributed by atoms with van der Waals surface area (Å²) in [6.45, 7) is 0.753. The first kappa shape index (κ1) is 9.94. The molecule has 3 nitrogen and oxygen atoms in total. The van der Waals surface area contributed by atoms with Crippen LogP contribution in [0.4, 0.5) is 5.00 Å². The molecule has 2 aromatic rings. The van der Waals surface area contributed by atoms with Crippen molar-refractivity contribution in [2.45, 2.75) is 6.42 Å². The quantitative estimate of drug-likeness (QED) is 0.793. The van der Waals surface area contributed by atoms with Gasteiger partial charge in [0.15, 0.2) is 0 Å². The van der Waals surface area contributed by atoms with Gasteiger partial charge in [0.05, 0.1) is 18.0 Å². The van der Waals surface area contributed by atoms with Gasteiger partial charge in [-0.05, 0) is 23.7 Å². The molecule has 0 spiro atoms. The molecule has 1 heterocycles. The zero-order valence-corrected chi connectivity index (χ0v) is 9.29. The maximum atomic E-state index is 8.54. The van der Waals surface area contributed by atoms with Gasteiger partial charge >= 0.3 is 0 Å². The number of rotatable bonds is 3. The van der Waals surface area contributed by atoms with Crippen molar-refractivity contribution in [3.8, 4) is 6.07 Å². The van der Waals surface area contributed by atoms with E-state index in [1.54, 1.807) is 0 Å². The van der Waals surface area contributed by atoms with Gasteiger partial charge in [0.2, 0.25) is 0 Å². The molecular formula is C11H11N3S. The molecule has 0 aliphatic heterocycles. The minimum absolute atomic E-state index is 0.544. The number of benzene rings is 1. The molecule has 0 bridgehead atoms. The Labute approximate surface area is 92.7 Å². The van der Waals surface area contributed by atoms with Gasteiger partial charge < -0.3 is 4.90 Å². The van der Waals surface area contributed by atoms with E-state index in [2.05, 4.69) is 21.4 Å². The van der Waals surface area contributed by atoms with Crippen molar-refractivity contribution >= 4 is 27.4 Å². The van der Waals surface area contributed by atoms with Crippen molar-refractivity contribution in [1.29, 1.82) is 5.26 Å². The highest BCUT2D eigenvalue weighted by Crippen LogP contribution is 2.29. The normalized spacial score (nSPS) is 10.1. The summed E-state index contributed by atoms with van der Waals surface area (Å²) in [4.78, 5) is 2.09.